The van der Waals surface area contributed by atoms with Crippen molar-refractivity contribution >= 4 is 57.1 Å². The van der Waals surface area contributed by atoms with Crippen LogP contribution >= 0.6 is 22.9 Å². The van der Waals surface area contributed by atoms with Gasteiger partial charge >= 0.3 is 0 Å². The van der Waals surface area contributed by atoms with Gasteiger partial charge in [0, 0.05) is 30.4 Å². The van der Waals surface area contributed by atoms with E-state index in [0.29, 0.717) is 21.6 Å². The van der Waals surface area contributed by atoms with Gasteiger partial charge in [-0.1, -0.05) is 11.6 Å². The first-order valence-electron chi connectivity index (χ1n) is 10.7. The summed E-state index contributed by atoms with van der Waals surface area (Å²) < 4.78 is 6.39. The molecule has 1 amide bonds. The number of aromatic amines is 1. The zero-order chi connectivity index (χ0) is 22.8. The maximum absolute atomic E-state index is 12.4. The molecule has 1 aliphatic heterocycles. The van der Waals surface area contributed by atoms with E-state index in [0.717, 1.165) is 53.2 Å². The number of carbonyl (C=O) groups excluding carboxylic acids is 1. The molecule has 0 bridgehead atoms. The molecule has 3 N–H and O–H groups in total. The Kier molecular flexibility index (Phi) is 6.02. The van der Waals surface area contributed by atoms with Crippen LogP contribution in [0.5, 0.6) is 5.75 Å². The van der Waals surface area contributed by atoms with E-state index in [1.54, 1.807) is 6.07 Å². The smallest absolute Gasteiger partial charge is 0.262 e. The maximum atomic E-state index is 12.4. The van der Waals surface area contributed by atoms with Crippen LogP contribution in [0.2, 0.25) is 4.34 Å². The highest BCUT2D eigenvalue weighted by atomic mass is 35.5. The molecule has 0 unspecified atom stereocenters. The van der Waals surface area contributed by atoms with Crippen molar-refractivity contribution in [2.24, 2.45) is 0 Å². The van der Waals surface area contributed by atoms with Crippen molar-refractivity contribution in [2.45, 2.75) is 19.3 Å². The number of benzene rings is 2. The van der Waals surface area contributed by atoms with Crippen molar-refractivity contribution in [3.63, 3.8) is 0 Å². The van der Waals surface area contributed by atoms with Gasteiger partial charge in [0.15, 0.2) is 6.61 Å². The van der Waals surface area contributed by atoms with Crippen LogP contribution in [0.15, 0.2) is 54.6 Å². The first kappa shape index (κ1) is 21.5. The Bertz CT molecular complexity index is 1310. The molecule has 9 heteroatoms. The predicted molar refractivity (Wildman–Crippen MR) is 134 cm³/mol. The zero-order valence-corrected chi connectivity index (χ0v) is 19.3. The Balaban J connectivity index is 1.19. The molecular formula is C24H22ClN5O2S. The van der Waals surface area contributed by atoms with Crippen LogP contribution in [0.1, 0.15) is 19.3 Å². The lowest BCUT2D eigenvalue weighted by Crippen LogP contribution is -2.34. The molecule has 168 valence electrons. The number of piperidine rings is 1. The normalized spacial score (nSPS) is 14.0. The fraction of sp³-hybridized carbons (Fsp3) is 0.208. The standard InChI is InChI=1S/C24H22ClN5O2S/c25-21-11-10-20(33-21)24-28-18-9-8-17(13-19(18)29-24)32-14-23(31)27-15-4-6-16(7-5-15)30-12-2-1-3-22(30)26/h4-11,13,26H,1-3,12,14H2,(H,27,31)(H,28,29). The molecule has 0 atom stereocenters. The second-order valence-electron chi connectivity index (χ2n) is 7.81. The number of nitrogens with zero attached hydrogens (tertiary/aromatic N) is 2. The third-order valence-electron chi connectivity index (χ3n) is 5.46. The van der Waals surface area contributed by atoms with Gasteiger partial charge in [-0.25, -0.2) is 4.98 Å². The number of hydrogen-bond acceptors (Lipinski definition) is 5. The van der Waals surface area contributed by atoms with E-state index in [-0.39, 0.29) is 12.5 Å². The molecule has 3 heterocycles. The minimum atomic E-state index is -0.243. The Morgan fingerprint density at radius 3 is 2.79 bits per heavy atom. The number of amides is 1. The van der Waals surface area contributed by atoms with Crippen molar-refractivity contribution < 1.29 is 9.53 Å². The van der Waals surface area contributed by atoms with E-state index in [1.807, 2.05) is 53.4 Å². The SMILES string of the molecule is N=C1CCCCN1c1ccc(NC(=O)COc2ccc3nc(-c4ccc(Cl)s4)[nH]c3c2)cc1. The van der Waals surface area contributed by atoms with Crippen molar-refractivity contribution in [1.29, 1.82) is 5.41 Å². The average Bonchev–Trinajstić information content (AvgIpc) is 3.44. The molecule has 2 aromatic heterocycles. The van der Waals surface area contributed by atoms with E-state index < -0.39 is 0 Å². The van der Waals surface area contributed by atoms with Crippen LogP contribution in [0.25, 0.3) is 21.7 Å². The Morgan fingerprint density at radius 1 is 1.18 bits per heavy atom. The predicted octanol–water partition coefficient (Wildman–Crippen LogP) is 5.93. The topological polar surface area (TPSA) is 94.1 Å². The molecule has 0 radical (unpaired) electrons. The number of thiophene rings is 1. The number of fused-ring (bicyclic) bond motifs is 1. The van der Waals surface area contributed by atoms with E-state index in [1.165, 1.54) is 11.3 Å². The minimum absolute atomic E-state index is 0.106. The van der Waals surface area contributed by atoms with E-state index in [4.69, 9.17) is 21.7 Å². The fourth-order valence-corrected chi connectivity index (χ4v) is 4.81. The fourth-order valence-electron chi connectivity index (χ4n) is 3.82. The summed E-state index contributed by atoms with van der Waals surface area (Å²) in [6.07, 6.45) is 2.97. The van der Waals surface area contributed by atoms with Crippen LogP contribution in [0, 0.1) is 5.41 Å². The first-order valence-corrected chi connectivity index (χ1v) is 11.9. The molecular weight excluding hydrogens is 458 g/mol. The summed E-state index contributed by atoms with van der Waals surface area (Å²) in [6.45, 7) is 0.757. The minimum Gasteiger partial charge on any atom is -0.484 e. The number of ether oxygens (including phenoxy) is 1. The van der Waals surface area contributed by atoms with Crippen molar-refractivity contribution in [3.05, 3.63) is 58.9 Å². The zero-order valence-electron chi connectivity index (χ0n) is 17.7. The van der Waals surface area contributed by atoms with Gasteiger partial charge in [-0.15, -0.1) is 11.3 Å². The summed E-state index contributed by atoms with van der Waals surface area (Å²) in [4.78, 5) is 23.2. The number of halogens is 1. The lowest BCUT2D eigenvalue weighted by Gasteiger charge is -2.29. The number of anilines is 2. The van der Waals surface area contributed by atoms with E-state index in [9.17, 15) is 4.79 Å². The molecule has 0 spiro atoms. The van der Waals surface area contributed by atoms with Gasteiger partial charge in [-0.05, 0) is 61.4 Å². The van der Waals surface area contributed by atoms with Gasteiger partial charge < -0.3 is 19.9 Å². The third-order valence-corrected chi connectivity index (χ3v) is 6.70. The van der Waals surface area contributed by atoms with Crippen molar-refractivity contribution in [1.82, 2.24) is 9.97 Å². The van der Waals surface area contributed by atoms with Gasteiger partial charge in [0.05, 0.1) is 20.2 Å². The summed E-state index contributed by atoms with van der Waals surface area (Å²) in [5.74, 6) is 1.73. The number of amidine groups is 1. The summed E-state index contributed by atoms with van der Waals surface area (Å²) in [7, 11) is 0. The van der Waals surface area contributed by atoms with Crippen LogP contribution in [-0.4, -0.2) is 34.9 Å². The largest absolute Gasteiger partial charge is 0.484 e. The van der Waals surface area contributed by atoms with Crippen molar-refractivity contribution in [2.75, 3.05) is 23.4 Å². The number of H-pyrrole nitrogens is 1. The summed E-state index contributed by atoms with van der Waals surface area (Å²) in [5, 5.41) is 11.0. The third kappa shape index (κ3) is 4.86. The van der Waals surface area contributed by atoms with Gasteiger partial charge in [-0.2, -0.15) is 0 Å². The molecule has 1 saturated heterocycles. The number of rotatable bonds is 6. The highest BCUT2D eigenvalue weighted by molar-refractivity contribution is 7.19. The lowest BCUT2D eigenvalue weighted by molar-refractivity contribution is -0.118. The first-order chi connectivity index (χ1) is 16.0. The highest BCUT2D eigenvalue weighted by Crippen LogP contribution is 2.31. The molecule has 1 fully saturated rings. The quantitative estimate of drug-likeness (QED) is 0.319. The van der Waals surface area contributed by atoms with Gasteiger partial charge in [-0.3, -0.25) is 10.2 Å². The molecule has 5 rings (SSSR count). The van der Waals surface area contributed by atoms with Crippen LogP contribution in [-0.2, 0) is 4.79 Å². The molecule has 2 aromatic carbocycles. The molecule has 4 aromatic rings. The van der Waals surface area contributed by atoms with Gasteiger partial charge in [0.25, 0.3) is 5.91 Å². The number of imidazole rings is 1. The second kappa shape index (κ2) is 9.25. The van der Waals surface area contributed by atoms with E-state index in [2.05, 4.69) is 15.3 Å². The van der Waals surface area contributed by atoms with E-state index >= 15 is 0 Å². The van der Waals surface area contributed by atoms with Crippen LogP contribution < -0.4 is 15.0 Å². The van der Waals surface area contributed by atoms with Gasteiger partial charge in [0.2, 0.25) is 0 Å². The summed E-state index contributed by atoms with van der Waals surface area (Å²) in [6, 6.07) is 16.8. The maximum Gasteiger partial charge on any atom is 0.262 e. The van der Waals surface area contributed by atoms with Crippen molar-refractivity contribution in [3.8, 4) is 16.5 Å². The number of aromatic nitrogens is 2. The average molecular weight is 480 g/mol. The summed E-state index contributed by atoms with van der Waals surface area (Å²) >= 11 is 7.48. The lowest BCUT2D eigenvalue weighted by atomic mass is 10.1. The number of carbonyl (C=O) groups is 1. The number of hydrogen-bond donors (Lipinski definition) is 3. The number of nitrogens with one attached hydrogen (secondary N) is 3. The van der Waals surface area contributed by atoms with Crippen LogP contribution in [0.3, 0.4) is 0 Å². The Morgan fingerprint density at radius 2 is 2.03 bits per heavy atom. The molecule has 7 nitrogen and oxygen atoms in total. The molecule has 0 aliphatic carbocycles. The van der Waals surface area contributed by atoms with Gasteiger partial charge in [0.1, 0.15) is 17.4 Å². The molecule has 33 heavy (non-hydrogen) atoms. The Hall–Kier alpha value is -3.36. The monoisotopic (exact) mass is 479 g/mol. The molecule has 1 aliphatic rings. The molecule has 0 saturated carbocycles. The second-order valence-corrected chi connectivity index (χ2v) is 9.52. The van der Waals surface area contributed by atoms with Crippen LogP contribution in [0.4, 0.5) is 11.4 Å². The highest BCUT2D eigenvalue weighted by Gasteiger charge is 2.16. The summed E-state index contributed by atoms with van der Waals surface area (Å²) in [5.41, 5.74) is 3.31. The Labute approximate surface area is 199 Å².